The minimum absolute atomic E-state index is 0.0406. The van der Waals surface area contributed by atoms with Gasteiger partial charge in [0.15, 0.2) is 0 Å². The van der Waals surface area contributed by atoms with E-state index in [1.807, 2.05) is 51.8 Å². The van der Waals surface area contributed by atoms with Gasteiger partial charge in [-0.1, -0.05) is 45.4 Å². The van der Waals surface area contributed by atoms with E-state index in [0.717, 1.165) is 80.0 Å². The fourth-order valence-electron chi connectivity index (χ4n) is 9.20. The molecular weight excluding hydrogens is 763 g/mol. The highest BCUT2D eigenvalue weighted by atomic mass is 16.6. The minimum atomic E-state index is -0.709. The van der Waals surface area contributed by atoms with Crippen LogP contribution in [0.5, 0.6) is 5.75 Å². The molecule has 14 nitrogen and oxygen atoms in total. The van der Waals surface area contributed by atoms with Gasteiger partial charge < -0.3 is 39.1 Å². The molecule has 3 aliphatic heterocycles. The first kappa shape index (κ1) is 41.1. The number of nitrogens with one attached hydrogen (secondary N) is 3. The maximum absolute atomic E-state index is 14.2. The molecule has 0 bridgehead atoms. The molecule has 3 N–H and O–H groups in total. The van der Waals surface area contributed by atoms with Gasteiger partial charge in [-0.2, -0.15) is 0 Å². The summed E-state index contributed by atoms with van der Waals surface area (Å²) in [6.45, 7) is 15.3. The van der Waals surface area contributed by atoms with Gasteiger partial charge in [0.05, 0.1) is 48.7 Å². The molecule has 0 saturated carbocycles. The second-order valence-corrected chi connectivity index (χ2v) is 17.9. The van der Waals surface area contributed by atoms with Gasteiger partial charge in [0, 0.05) is 36.6 Å². The molecule has 3 aliphatic rings. The summed E-state index contributed by atoms with van der Waals surface area (Å²) < 4.78 is 22.6. The van der Waals surface area contributed by atoms with Crippen molar-refractivity contribution >= 4 is 39.9 Å². The van der Waals surface area contributed by atoms with Gasteiger partial charge in [-0.25, -0.2) is 19.6 Å². The van der Waals surface area contributed by atoms with Crippen LogP contribution in [0.15, 0.2) is 48.7 Å². The summed E-state index contributed by atoms with van der Waals surface area (Å²) in [5.74, 6) is 2.43. The van der Waals surface area contributed by atoms with E-state index in [0.29, 0.717) is 26.2 Å². The predicted octanol–water partition coefficient (Wildman–Crippen LogP) is 8.68. The lowest BCUT2D eigenvalue weighted by Crippen LogP contribution is -2.53. The highest BCUT2D eigenvalue weighted by Gasteiger charge is 2.45. The normalized spacial score (nSPS) is 22.3. The first-order valence-electron chi connectivity index (χ1n) is 21.1. The third-order valence-electron chi connectivity index (χ3n) is 12.7. The average molecular weight is 820 g/mol. The second kappa shape index (κ2) is 16.1. The van der Waals surface area contributed by atoms with E-state index >= 15 is 0 Å². The van der Waals surface area contributed by atoms with Crippen LogP contribution in [0.3, 0.4) is 0 Å². The van der Waals surface area contributed by atoms with Crippen molar-refractivity contribution in [3.63, 3.8) is 0 Å². The number of carbonyl (C=O) groups is 3. The molecule has 5 aromatic rings. The van der Waals surface area contributed by atoms with Crippen molar-refractivity contribution in [1.82, 2.24) is 35.1 Å². The van der Waals surface area contributed by atoms with Crippen LogP contribution in [0.4, 0.5) is 9.59 Å². The molecule has 3 aromatic carbocycles. The van der Waals surface area contributed by atoms with Crippen molar-refractivity contribution < 1.29 is 33.3 Å². The number of fused-ring (bicyclic) bond motifs is 6. The predicted molar refractivity (Wildman–Crippen MR) is 228 cm³/mol. The molecule has 0 aliphatic carbocycles. The van der Waals surface area contributed by atoms with Crippen molar-refractivity contribution in [3.8, 4) is 28.1 Å². The lowest BCUT2D eigenvalue weighted by atomic mass is 9.92. The Hall–Kier alpha value is -5.63. The summed E-state index contributed by atoms with van der Waals surface area (Å²) in [6.07, 6.45) is 3.05. The first-order valence-corrected chi connectivity index (χ1v) is 21.1. The minimum Gasteiger partial charge on any atom is -0.488 e. The number of carbonyl (C=O) groups excluding carboxylic acids is 3. The Morgan fingerprint density at radius 1 is 1.00 bits per heavy atom. The molecular formula is C46H57N7O7. The molecule has 0 radical (unpaired) electrons. The molecule has 7 atom stereocenters. The van der Waals surface area contributed by atoms with E-state index in [4.69, 9.17) is 28.9 Å². The third-order valence-corrected chi connectivity index (χ3v) is 12.7. The summed E-state index contributed by atoms with van der Waals surface area (Å²) in [6, 6.07) is 13.4. The molecule has 318 valence electrons. The quantitative estimate of drug-likeness (QED) is 0.132. The van der Waals surface area contributed by atoms with Gasteiger partial charge in [-0.05, 0) is 98.7 Å². The molecule has 0 spiro atoms. The van der Waals surface area contributed by atoms with Crippen LogP contribution in [-0.4, -0.2) is 92.9 Å². The van der Waals surface area contributed by atoms with Gasteiger partial charge in [0.2, 0.25) is 5.91 Å². The SMILES string of the molecule is CC[C@H](C)[C@H](NC(=O)OC)C(=O)N1[C@H](c2ncc(-c3ccc4c(c3)COc3cc5c(ccc6nc([C@@H]7C[C@H](COC)CN7C(=O)OC(C)(C)C)[nH]c65)cc3-4)[nH]2)C[C@H](C)[C@@H]1C. The molecule has 2 saturated heterocycles. The highest BCUT2D eigenvalue weighted by molar-refractivity contribution is 6.07. The Morgan fingerprint density at radius 2 is 1.80 bits per heavy atom. The van der Waals surface area contributed by atoms with Crippen molar-refractivity contribution in [2.75, 3.05) is 27.4 Å². The molecule has 60 heavy (non-hydrogen) atoms. The first-order chi connectivity index (χ1) is 28.7. The summed E-state index contributed by atoms with van der Waals surface area (Å²) in [5, 5.41) is 4.83. The summed E-state index contributed by atoms with van der Waals surface area (Å²) in [5.41, 5.74) is 6.07. The Balaban J connectivity index is 1.06. The second-order valence-electron chi connectivity index (χ2n) is 17.9. The van der Waals surface area contributed by atoms with E-state index in [-0.39, 0.29) is 47.9 Å². The fourth-order valence-corrected chi connectivity index (χ4v) is 9.20. The van der Waals surface area contributed by atoms with Crippen molar-refractivity contribution in [2.24, 2.45) is 17.8 Å². The molecule has 2 fully saturated rings. The number of hydrogen-bond donors (Lipinski definition) is 3. The number of rotatable bonds is 9. The number of benzene rings is 3. The fraction of sp³-hybridized carbons (Fsp3) is 0.500. The lowest BCUT2D eigenvalue weighted by Gasteiger charge is -2.34. The smallest absolute Gasteiger partial charge is 0.410 e. The molecule has 5 heterocycles. The lowest BCUT2D eigenvalue weighted by molar-refractivity contribution is -0.137. The van der Waals surface area contributed by atoms with Crippen molar-refractivity contribution in [3.05, 3.63) is 65.9 Å². The van der Waals surface area contributed by atoms with E-state index in [2.05, 4.69) is 65.5 Å². The Bertz CT molecular complexity index is 2430. The van der Waals surface area contributed by atoms with Crippen LogP contribution in [-0.2, 0) is 25.6 Å². The number of alkyl carbamates (subject to hydrolysis) is 1. The number of aromatic amines is 2. The number of likely N-dealkylation sites (tertiary alicyclic amines) is 2. The zero-order valence-electron chi connectivity index (χ0n) is 36.0. The zero-order valence-corrected chi connectivity index (χ0v) is 36.0. The Labute approximate surface area is 350 Å². The van der Waals surface area contributed by atoms with Gasteiger partial charge >= 0.3 is 12.2 Å². The van der Waals surface area contributed by atoms with E-state index in [1.54, 1.807) is 12.0 Å². The van der Waals surface area contributed by atoms with Gasteiger partial charge in [-0.15, -0.1) is 0 Å². The molecule has 2 aromatic heterocycles. The van der Waals surface area contributed by atoms with Gasteiger partial charge in [0.1, 0.15) is 35.6 Å². The van der Waals surface area contributed by atoms with Crippen LogP contribution in [0.2, 0.25) is 0 Å². The average Bonchev–Trinajstić information content (AvgIpc) is 4.03. The number of H-pyrrole nitrogens is 2. The number of aromatic nitrogens is 4. The topological polar surface area (TPSA) is 164 Å². The summed E-state index contributed by atoms with van der Waals surface area (Å²) in [7, 11) is 2.99. The monoisotopic (exact) mass is 819 g/mol. The number of hydrogen-bond acceptors (Lipinski definition) is 9. The molecule has 8 rings (SSSR count). The van der Waals surface area contributed by atoms with E-state index in [1.165, 1.54) is 7.11 Å². The maximum Gasteiger partial charge on any atom is 0.410 e. The standard InChI is InChI=1S/C46H57N7O7/c1-10-24(2)39(51-44(55)58-9)43(54)53-26(4)25(3)15-37(53)41-47-20-35(49-41)29-11-13-31-30(17-29)23-59-38-19-32-28(18-33(31)38)12-14-34-40(32)50-42(48-34)36-16-27(22-57-8)21-52(36)45(56)60-46(5,6)7/h11-14,17-20,24-27,36-37,39H,10,15-16,21-23H2,1-9H3,(H,47,49)(H,48,50)(H,51,55)/t24-,25-,26-,27-,36-,37-,39-/m0/s1. The third kappa shape index (κ3) is 7.65. The molecule has 14 heteroatoms. The Morgan fingerprint density at radius 3 is 2.53 bits per heavy atom. The van der Waals surface area contributed by atoms with E-state index < -0.39 is 17.7 Å². The molecule has 0 unspecified atom stereocenters. The van der Waals surface area contributed by atoms with Crippen LogP contribution < -0.4 is 10.1 Å². The van der Waals surface area contributed by atoms with Crippen molar-refractivity contribution in [2.45, 2.75) is 104 Å². The van der Waals surface area contributed by atoms with Crippen LogP contribution in [0.1, 0.15) is 97.0 Å². The number of methoxy groups -OCH3 is 2. The number of ether oxygens (including phenoxy) is 4. The molecule has 3 amide bonds. The van der Waals surface area contributed by atoms with Crippen LogP contribution in [0, 0.1) is 17.8 Å². The summed E-state index contributed by atoms with van der Waals surface area (Å²) >= 11 is 0. The van der Waals surface area contributed by atoms with Gasteiger partial charge in [0.25, 0.3) is 0 Å². The van der Waals surface area contributed by atoms with Gasteiger partial charge in [-0.3, -0.25) is 9.69 Å². The van der Waals surface area contributed by atoms with Crippen LogP contribution in [0.25, 0.3) is 44.2 Å². The maximum atomic E-state index is 14.2. The van der Waals surface area contributed by atoms with E-state index in [9.17, 15) is 14.4 Å². The largest absolute Gasteiger partial charge is 0.488 e. The van der Waals surface area contributed by atoms with Crippen LogP contribution >= 0.6 is 0 Å². The number of nitrogens with zero attached hydrogens (tertiary/aromatic N) is 4. The number of amides is 3. The number of imidazole rings is 2. The highest BCUT2D eigenvalue weighted by Crippen LogP contribution is 2.44. The Kier molecular flexibility index (Phi) is 11.0. The van der Waals surface area contributed by atoms with Crippen molar-refractivity contribution in [1.29, 1.82) is 0 Å². The zero-order chi connectivity index (χ0) is 42.6. The summed E-state index contributed by atoms with van der Waals surface area (Å²) in [4.78, 5) is 60.4.